The van der Waals surface area contributed by atoms with E-state index in [0.717, 1.165) is 0 Å². The molecule has 0 bridgehead atoms. The summed E-state index contributed by atoms with van der Waals surface area (Å²) in [6, 6.07) is 0. The monoisotopic (exact) mass is 190 g/mol. The molecule has 3 nitrogen and oxygen atoms in total. The van der Waals surface area contributed by atoms with Gasteiger partial charge in [-0.2, -0.15) is 0 Å². The molecule has 1 heterocycles. The van der Waals surface area contributed by atoms with Crippen LogP contribution in [0.25, 0.3) is 0 Å². The Morgan fingerprint density at radius 3 is 2.58 bits per heavy atom. The zero-order chi connectivity index (χ0) is 9.19. The molecule has 0 N–H and O–H groups in total. The van der Waals surface area contributed by atoms with Gasteiger partial charge in [0.25, 0.3) is 0 Å². The molecule has 4 heteroatoms. The Hall–Kier alpha value is 0.0969. The van der Waals surface area contributed by atoms with Gasteiger partial charge in [0.2, 0.25) is 0 Å². The predicted octanol–water partition coefficient (Wildman–Crippen LogP) is 1.14. The molecule has 0 radical (unpaired) electrons. The molecule has 1 rings (SSSR count). The van der Waals surface area contributed by atoms with Crippen LogP contribution in [0, 0.1) is 0 Å². The van der Waals surface area contributed by atoms with Gasteiger partial charge in [0.05, 0.1) is 13.2 Å². The standard InChI is InChI=1S/C8H18O3Si/c1-8(2)9-5-7(11-8)6-10-12(3)4/h7,12H,5-6H2,1-4H3. The molecule has 1 atom stereocenters. The summed E-state index contributed by atoms with van der Waals surface area (Å²) in [5, 5.41) is 0. The van der Waals surface area contributed by atoms with Crippen molar-refractivity contribution in [3.05, 3.63) is 0 Å². The zero-order valence-electron chi connectivity index (χ0n) is 8.29. The van der Waals surface area contributed by atoms with Crippen LogP contribution in [0.3, 0.4) is 0 Å². The van der Waals surface area contributed by atoms with Crippen LogP contribution in [0.15, 0.2) is 0 Å². The Labute approximate surface area is 75.7 Å². The van der Waals surface area contributed by atoms with Gasteiger partial charge in [-0.15, -0.1) is 0 Å². The minimum absolute atomic E-state index is 0.134. The van der Waals surface area contributed by atoms with Gasteiger partial charge in [0, 0.05) is 0 Å². The maximum atomic E-state index is 5.57. The maximum absolute atomic E-state index is 5.57. The Morgan fingerprint density at radius 2 is 2.17 bits per heavy atom. The van der Waals surface area contributed by atoms with Gasteiger partial charge in [0.1, 0.15) is 6.10 Å². The van der Waals surface area contributed by atoms with Crippen molar-refractivity contribution < 1.29 is 13.9 Å². The average molecular weight is 190 g/mol. The van der Waals surface area contributed by atoms with E-state index >= 15 is 0 Å². The second kappa shape index (κ2) is 3.87. The van der Waals surface area contributed by atoms with Crippen molar-refractivity contribution >= 4 is 9.04 Å². The lowest BCUT2D eigenvalue weighted by Crippen LogP contribution is -2.25. The molecule has 1 unspecified atom stereocenters. The Kier molecular flexibility index (Phi) is 3.28. The van der Waals surface area contributed by atoms with Gasteiger partial charge >= 0.3 is 0 Å². The Bertz CT molecular complexity index is 147. The van der Waals surface area contributed by atoms with E-state index in [-0.39, 0.29) is 6.10 Å². The van der Waals surface area contributed by atoms with Crippen molar-refractivity contribution in [2.75, 3.05) is 13.2 Å². The SMILES string of the molecule is C[SiH](C)OCC1COC(C)(C)O1. The Morgan fingerprint density at radius 1 is 1.50 bits per heavy atom. The molecule has 1 aliphatic rings. The minimum Gasteiger partial charge on any atom is -0.418 e. The molecule has 12 heavy (non-hydrogen) atoms. The first-order valence-corrected chi connectivity index (χ1v) is 7.21. The molecular weight excluding hydrogens is 172 g/mol. The van der Waals surface area contributed by atoms with Crippen LogP contribution < -0.4 is 0 Å². The van der Waals surface area contributed by atoms with Crippen LogP contribution >= 0.6 is 0 Å². The fourth-order valence-electron chi connectivity index (χ4n) is 1.14. The van der Waals surface area contributed by atoms with E-state index in [0.29, 0.717) is 13.2 Å². The maximum Gasteiger partial charge on any atom is 0.171 e. The first kappa shape index (κ1) is 10.2. The highest BCUT2D eigenvalue weighted by atomic mass is 28.3. The highest BCUT2D eigenvalue weighted by Crippen LogP contribution is 2.22. The number of rotatable bonds is 3. The van der Waals surface area contributed by atoms with Gasteiger partial charge in [-0.05, 0) is 26.9 Å². The van der Waals surface area contributed by atoms with Crippen molar-refractivity contribution in [1.29, 1.82) is 0 Å². The van der Waals surface area contributed by atoms with E-state index in [1.807, 2.05) is 13.8 Å². The molecule has 0 saturated carbocycles. The molecular formula is C8H18O3Si. The van der Waals surface area contributed by atoms with E-state index in [9.17, 15) is 0 Å². The van der Waals surface area contributed by atoms with E-state index < -0.39 is 14.8 Å². The molecule has 0 aliphatic carbocycles. The summed E-state index contributed by atoms with van der Waals surface area (Å²) in [6.07, 6.45) is 0.134. The van der Waals surface area contributed by atoms with Gasteiger partial charge in [-0.3, -0.25) is 0 Å². The third kappa shape index (κ3) is 3.22. The minimum atomic E-state index is -0.905. The fraction of sp³-hybridized carbons (Fsp3) is 1.00. The average Bonchev–Trinajstić information content (AvgIpc) is 2.26. The van der Waals surface area contributed by atoms with Crippen molar-refractivity contribution in [2.24, 2.45) is 0 Å². The highest BCUT2D eigenvalue weighted by Gasteiger charge is 2.32. The van der Waals surface area contributed by atoms with Crippen molar-refractivity contribution in [3.63, 3.8) is 0 Å². The first-order valence-electron chi connectivity index (χ1n) is 4.43. The highest BCUT2D eigenvalue weighted by molar-refractivity contribution is 6.48. The van der Waals surface area contributed by atoms with Gasteiger partial charge < -0.3 is 13.9 Å². The van der Waals surface area contributed by atoms with Gasteiger partial charge in [-0.25, -0.2) is 0 Å². The van der Waals surface area contributed by atoms with E-state index in [4.69, 9.17) is 13.9 Å². The molecule has 1 fully saturated rings. The number of hydrogen-bond acceptors (Lipinski definition) is 3. The second-order valence-corrected chi connectivity index (χ2v) is 6.26. The summed E-state index contributed by atoms with van der Waals surface area (Å²) in [4.78, 5) is 0. The largest absolute Gasteiger partial charge is 0.418 e. The second-order valence-electron chi connectivity index (χ2n) is 3.83. The van der Waals surface area contributed by atoms with Crippen molar-refractivity contribution in [3.8, 4) is 0 Å². The summed E-state index contributed by atoms with van der Waals surface area (Å²) < 4.78 is 16.5. The molecule has 0 amide bonds. The van der Waals surface area contributed by atoms with Crippen LogP contribution in [0.4, 0.5) is 0 Å². The summed E-state index contributed by atoms with van der Waals surface area (Å²) >= 11 is 0. The lowest BCUT2D eigenvalue weighted by atomic mass is 10.4. The van der Waals surface area contributed by atoms with Crippen LogP contribution in [0.5, 0.6) is 0 Å². The Balaban J connectivity index is 2.20. The number of hydrogen-bond donors (Lipinski definition) is 0. The predicted molar refractivity (Wildman–Crippen MR) is 49.7 cm³/mol. The fourth-order valence-corrected chi connectivity index (χ4v) is 1.74. The molecule has 0 aromatic heterocycles. The van der Waals surface area contributed by atoms with Crippen LogP contribution in [0.1, 0.15) is 13.8 Å². The molecule has 0 spiro atoms. The van der Waals surface area contributed by atoms with Crippen molar-refractivity contribution in [2.45, 2.75) is 38.8 Å². The summed E-state index contributed by atoms with van der Waals surface area (Å²) in [5.74, 6) is -0.410. The quantitative estimate of drug-likeness (QED) is 0.625. The summed E-state index contributed by atoms with van der Waals surface area (Å²) in [6.45, 7) is 9.52. The topological polar surface area (TPSA) is 27.7 Å². The normalized spacial score (nSPS) is 28.2. The van der Waals surface area contributed by atoms with E-state index in [1.54, 1.807) is 0 Å². The zero-order valence-corrected chi connectivity index (χ0v) is 9.45. The van der Waals surface area contributed by atoms with Crippen LogP contribution in [-0.4, -0.2) is 34.1 Å². The third-order valence-corrected chi connectivity index (χ3v) is 2.54. The summed E-state index contributed by atoms with van der Waals surface area (Å²) in [7, 11) is -0.905. The van der Waals surface area contributed by atoms with E-state index in [1.165, 1.54) is 0 Å². The van der Waals surface area contributed by atoms with Crippen LogP contribution in [-0.2, 0) is 13.9 Å². The molecule has 72 valence electrons. The molecule has 0 aromatic carbocycles. The number of ether oxygens (including phenoxy) is 2. The molecule has 1 aliphatic heterocycles. The first-order chi connectivity index (χ1) is 5.49. The molecule has 1 saturated heterocycles. The lowest BCUT2D eigenvalue weighted by Gasteiger charge is -2.17. The van der Waals surface area contributed by atoms with E-state index in [2.05, 4.69) is 13.1 Å². The van der Waals surface area contributed by atoms with Gasteiger partial charge in [0.15, 0.2) is 14.8 Å². The van der Waals surface area contributed by atoms with Crippen LogP contribution in [0.2, 0.25) is 13.1 Å². The summed E-state index contributed by atoms with van der Waals surface area (Å²) in [5.41, 5.74) is 0. The van der Waals surface area contributed by atoms with Gasteiger partial charge in [-0.1, -0.05) is 0 Å². The van der Waals surface area contributed by atoms with Crippen molar-refractivity contribution in [1.82, 2.24) is 0 Å². The third-order valence-electron chi connectivity index (χ3n) is 1.68. The molecule has 0 aromatic rings. The lowest BCUT2D eigenvalue weighted by molar-refractivity contribution is -0.141. The smallest absolute Gasteiger partial charge is 0.171 e.